The Hall–Kier alpha value is -2.75. The molecule has 0 saturated heterocycles. The number of halogens is 2. The molecule has 33 heavy (non-hydrogen) atoms. The predicted molar refractivity (Wildman–Crippen MR) is 127 cm³/mol. The Balaban J connectivity index is 1.43. The van der Waals surface area contributed by atoms with Gasteiger partial charge in [0.1, 0.15) is 5.75 Å². The summed E-state index contributed by atoms with van der Waals surface area (Å²) in [6, 6.07) is 9.98. The third kappa shape index (κ3) is 5.26. The van der Waals surface area contributed by atoms with Crippen molar-refractivity contribution in [1.29, 1.82) is 0 Å². The van der Waals surface area contributed by atoms with Crippen molar-refractivity contribution in [3.8, 4) is 5.75 Å². The predicted octanol–water partition coefficient (Wildman–Crippen LogP) is 7.79. The number of benzene rings is 2. The molecular formula is C29H32F2O2. The number of ether oxygens (including phenoxy) is 1. The SMILES string of the molecule is C=CCCc1ccc(OC(=O)c2ccc(C3CCC4CC(C=C)CCC4C3)c(F)c2F)cc1. The van der Waals surface area contributed by atoms with Gasteiger partial charge in [0.05, 0.1) is 5.56 Å². The second-order valence-electron chi connectivity index (χ2n) is 9.53. The third-order valence-electron chi connectivity index (χ3n) is 7.53. The van der Waals surface area contributed by atoms with Crippen molar-refractivity contribution in [2.24, 2.45) is 17.8 Å². The fourth-order valence-corrected chi connectivity index (χ4v) is 5.61. The lowest BCUT2D eigenvalue weighted by molar-refractivity contribution is 0.0728. The topological polar surface area (TPSA) is 26.3 Å². The molecule has 0 aromatic heterocycles. The van der Waals surface area contributed by atoms with Crippen LogP contribution < -0.4 is 4.74 Å². The maximum Gasteiger partial charge on any atom is 0.346 e. The quantitative estimate of drug-likeness (QED) is 0.244. The molecule has 2 nitrogen and oxygen atoms in total. The zero-order valence-corrected chi connectivity index (χ0v) is 19.1. The first kappa shape index (κ1) is 23.4. The van der Waals surface area contributed by atoms with Crippen molar-refractivity contribution in [2.75, 3.05) is 0 Å². The summed E-state index contributed by atoms with van der Waals surface area (Å²) in [5, 5.41) is 0. The fraction of sp³-hybridized carbons (Fsp3) is 0.414. The van der Waals surface area contributed by atoms with Gasteiger partial charge in [0, 0.05) is 0 Å². The van der Waals surface area contributed by atoms with E-state index in [1.807, 2.05) is 18.2 Å². The van der Waals surface area contributed by atoms with Gasteiger partial charge in [-0.25, -0.2) is 13.6 Å². The summed E-state index contributed by atoms with van der Waals surface area (Å²) in [5.41, 5.74) is 1.11. The highest BCUT2D eigenvalue weighted by Gasteiger charge is 2.36. The molecule has 0 radical (unpaired) electrons. The molecule has 4 atom stereocenters. The van der Waals surface area contributed by atoms with E-state index in [-0.39, 0.29) is 11.5 Å². The van der Waals surface area contributed by atoms with E-state index in [4.69, 9.17) is 4.74 Å². The summed E-state index contributed by atoms with van der Waals surface area (Å²) < 4.78 is 35.3. The number of aryl methyl sites for hydroxylation is 1. The molecule has 0 spiro atoms. The normalized spacial score (nSPS) is 24.5. The van der Waals surface area contributed by atoms with Crippen LogP contribution in [0.25, 0.3) is 0 Å². The maximum atomic E-state index is 15.1. The van der Waals surface area contributed by atoms with Crippen LogP contribution in [0, 0.1) is 29.4 Å². The molecule has 2 fully saturated rings. The number of hydrogen-bond acceptors (Lipinski definition) is 2. The molecule has 0 amide bonds. The van der Waals surface area contributed by atoms with Crippen molar-refractivity contribution >= 4 is 5.97 Å². The number of allylic oxidation sites excluding steroid dienone is 2. The molecule has 2 aromatic rings. The lowest BCUT2D eigenvalue weighted by Gasteiger charge is -2.41. The van der Waals surface area contributed by atoms with Gasteiger partial charge in [-0.15, -0.1) is 13.2 Å². The van der Waals surface area contributed by atoms with E-state index in [0.29, 0.717) is 29.1 Å². The summed E-state index contributed by atoms with van der Waals surface area (Å²) in [4.78, 5) is 12.5. The van der Waals surface area contributed by atoms with Crippen LogP contribution in [0.4, 0.5) is 8.78 Å². The average molecular weight is 451 g/mol. The summed E-state index contributed by atoms with van der Waals surface area (Å²) >= 11 is 0. The molecule has 2 aliphatic carbocycles. The van der Waals surface area contributed by atoms with Gasteiger partial charge < -0.3 is 4.74 Å². The van der Waals surface area contributed by atoms with Crippen molar-refractivity contribution in [2.45, 2.75) is 57.3 Å². The second-order valence-corrected chi connectivity index (χ2v) is 9.53. The molecule has 0 heterocycles. The first-order chi connectivity index (χ1) is 16.0. The summed E-state index contributed by atoms with van der Waals surface area (Å²) in [5.74, 6) is -0.808. The van der Waals surface area contributed by atoms with Gasteiger partial charge >= 0.3 is 5.97 Å². The number of esters is 1. The molecule has 4 rings (SSSR count). The second kappa shape index (κ2) is 10.5. The van der Waals surface area contributed by atoms with Crippen LogP contribution >= 0.6 is 0 Å². The van der Waals surface area contributed by atoms with Crippen LogP contribution in [-0.4, -0.2) is 5.97 Å². The van der Waals surface area contributed by atoms with Gasteiger partial charge in [-0.05, 0) is 104 Å². The number of rotatable bonds is 7. The molecule has 0 aliphatic heterocycles. The van der Waals surface area contributed by atoms with Crippen molar-refractivity contribution in [3.05, 3.63) is 90.0 Å². The third-order valence-corrected chi connectivity index (χ3v) is 7.53. The van der Waals surface area contributed by atoms with Gasteiger partial charge in [-0.3, -0.25) is 0 Å². The van der Waals surface area contributed by atoms with Crippen molar-refractivity contribution in [1.82, 2.24) is 0 Å². The lowest BCUT2D eigenvalue weighted by Crippen LogP contribution is -2.30. The first-order valence-electron chi connectivity index (χ1n) is 12.0. The molecule has 0 bridgehead atoms. The van der Waals surface area contributed by atoms with Crippen LogP contribution in [0.1, 0.15) is 72.3 Å². The maximum absolute atomic E-state index is 15.1. The zero-order chi connectivity index (χ0) is 23.4. The van der Waals surface area contributed by atoms with Crippen LogP contribution in [0.3, 0.4) is 0 Å². The number of carbonyl (C=O) groups excluding carboxylic acids is 1. The van der Waals surface area contributed by atoms with Crippen LogP contribution in [0.2, 0.25) is 0 Å². The van der Waals surface area contributed by atoms with Crippen LogP contribution in [0.5, 0.6) is 5.75 Å². The van der Waals surface area contributed by atoms with E-state index in [9.17, 15) is 9.18 Å². The summed E-state index contributed by atoms with van der Waals surface area (Å²) in [7, 11) is 0. The van der Waals surface area contributed by atoms with Gasteiger partial charge in [-0.2, -0.15) is 0 Å². The number of hydrogen-bond donors (Lipinski definition) is 0. The summed E-state index contributed by atoms with van der Waals surface area (Å²) in [6.45, 7) is 7.64. The van der Waals surface area contributed by atoms with Crippen molar-refractivity contribution < 1.29 is 18.3 Å². The molecule has 0 N–H and O–H groups in total. The van der Waals surface area contributed by atoms with E-state index in [1.165, 1.54) is 6.07 Å². The fourth-order valence-electron chi connectivity index (χ4n) is 5.61. The highest BCUT2D eigenvalue weighted by molar-refractivity contribution is 5.91. The molecule has 2 saturated carbocycles. The highest BCUT2D eigenvalue weighted by Crippen LogP contribution is 2.48. The molecule has 2 aromatic carbocycles. The Labute approximate surface area is 195 Å². The minimum atomic E-state index is -1.11. The standard InChI is InChI=1S/C29H32F2O2/c1-3-5-6-20-8-13-24(14-9-20)33-29(32)26-16-15-25(27(30)28(26)31)23-12-11-21-17-19(4-2)7-10-22(21)18-23/h3-4,8-9,13-16,19,21-23H,1-2,5-7,10-12,17-18H2. The molecule has 2 aliphatic rings. The first-order valence-corrected chi connectivity index (χ1v) is 12.0. The minimum absolute atomic E-state index is 0.00536. The average Bonchev–Trinajstić information content (AvgIpc) is 2.84. The van der Waals surface area contributed by atoms with E-state index in [0.717, 1.165) is 56.9 Å². The Bertz CT molecular complexity index is 1010. The Kier molecular flexibility index (Phi) is 7.42. The molecule has 4 unspecified atom stereocenters. The van der Waals surface area contributed by atoms with Crippen LogP contribution in [-0.2, 0) is 6.42 Å². The van der Waals surface area contributed by atoms with Gasteiger partial charge in [-0.1, -0.05) is 30.4 Å². The smallest absolute Gasteiger partial charge is 0.346 e. The lowest BCUT2D eigenvalue weighted by atomic mass is 9.64. The Morgan fingerprint density at radius 3 is 2.39 bits per heavy atom. The largest absolute Gasteiger partial charge is 0.423 e. The van der Waals surface area contributed by atoms with E-state index < -0.39 is 17.6 Å². The number of fused-ring (bicyclic) bond motifs is 1. The Morgan fingerprint density at radius 1 is 0.939 bits per heavy atom. The number of carbonyl (C=O) groups is 1. The zero-order valence-electron chi connectivity index (χ0n) is 19.1. The Morgan fingerprint density at radius 2 is 1.67 bits per heavy atom. The van der Waals surface area contributed by atoms with Gasteiger partial charge in [0.2, 0.25) is 0 Å². The monoisotopic (exact) mass is 450 g/mol. The van der Waals surface area contributed by atoms with Crippen molar-refractivity contribution in [3.63, 3.8) is 0 Å². The van der Waals surface area contributed by atoms with Gasteiger partial charge in [0.15, 0.2) is 11.6 Å². The summed E-state index contributed by atoms with van der Waals surface area (Å²) in [6.07, 6.45) is 11.8. The van der Waals surface area contributed by atoms with Gasteiger partial charge in [0.25, 0.3) is 0 Å². The highest BCUT2D eigenvalue weighted by atomic mass is 19.2. The molecular weight excluding hydrogens is 418 g/mol. The van der Waals surface area contributed by atoms with Crippen LogP contribution in [0.15, 0.2) is 61.7 Å². The van der Waals surface area contributed by atoms with E-state index in [1.54, 1.807) is 18.2 Å². The van der Waals surface area contributed by atoms with E-state index >= 15 is 4.39 Å². The van der Waals surface area contributed by atoms with E-state index in [2.05, 4.69) is 19.2 Å². The minimum Gasteiger partial charge on any atom is -0.423 e. The molecule has 4 heteroatoms. The molecule has 174 valence electrons.